The lowest BCUT2D eigenvalue weighted by Crippen LogP contribution is -2.28. The molecule has 0 saturated heterocycles. The SMILES string of the molecule is CC(c1ccccc1)N(Cc1nnc(C2CC2)s1)C1CC1. The molecule has 4 rings (SSSR count). The van der Waals surface area contributed by atoms with E-state index in [9.17, 15) is 0 Å². The Kier molecular flexibility index (Phi) is 3.51. The van der Waals surface area contributed by atoms with Crippen LogP contribution in [0.15, 0.2) is 30.3 Å². The highest BCUT2D eigenvalue weighted by Crippen LogP contribution is 2.42. The van der Waals surface area contributed by atoms with E-state index in [2.05, 4.69) is 52.4 Å². The third-order valence-electron chi connectivity index (χ3n) is 4.52. The van der Waals surface area contributed by atoms with Crippen molar-refractivity contribution in [3.05, 3.63) is 45.9 Å². The molecule has 1 aromatic carbocycles. The van der Waals surface area contributed by atoms with Crippen LogP contribution in [0, 0.1) is 0 Å². The summed E-state index contributed by atoms with van der Waals surface area (Å²) in [7, 11) is 0. The van der Waals surface area contributed by atoms with Crippen molar-refractivity contribution in [2.45, 2.75) is 57.2 Å². The Bertz CT molecular complexity index is 602. The van der Waals surface area contributed by atoms with Crippen LogP contribution in [0.25, 0.3) is 0 Å². The molecule has 4 heteroatoms. The number of nitrogens with zero attached hydrogens (tertiary/aromatic N) is 3. The number of aromatic nitrogens is 2. The molecule has 110 valence electrons. The number of rotatable bonds is 6. The molecule has 0 aliphatic heterocycles. The van der Waals surface area contributed by atoms with E-state index in [-0.39, 0.29) is 0 Å². The number of benzene rings is 1. The zero-order chi connectivity index (χ0) is 14.2. The lowest BCUT2D eigenvalue weighted by atomic mass is 10.1. The van der Waals surface area contributed by atoms with Crippen LogP contribution >= 0.6 is 11.3 Å². The van der Waals surface area contributed by atoms with Crippen LogP contribution < -0.4 is 0 Å². The fourth-order valence-corrected chi connectivity index (χ4v) is 3.91. The molecule has 21 heavy (non-hydrogen) atoms. The van der Waals surface area contributed by atoms with E-state index in [1.807, 2.05) is 11.3 Å². The second kappa shape index (κ2) is 5.50. The average molecular weight is 299 g/mol. The summed E-state index contributed by atoms with van der Waals surface area (Å²) >= 11 is 1.83. The summed E-state index contributed by atoms with van der Waals surface area (Å²) < 4.78 is 0. The molecule has 3 nitrogen and oxygen atoms in total. The van der Waals surface area contributed by atoms with E-state index in [4.69, 9.17) is 0 Å². The van der Waals surface area contributed by atoms with Crippen LogP contribution in [0.4, 0.5) is 0 Å². The minimum Gasteiger partial charge on any atom is -0.287 e. The molecule has 2 aliphatic carbocycles. The lowest BCUT2D eigenvalue weighted by molar-refractivity contribution is 0.190. The molecule has 1 atom stereocenters. The largest absolute Gasteiger partial charge is 0.287 e. The maximum atomic E-state index is 4.43. The van der Waals surface area contributed by atoms with E-state index >= 15 is 0 Å². The molecule has 0 bridgehead atoms. The maximum absolute atomic E-state index is 4.43. The molecule has 2 aliphatic rings. The van der Waals surface area contributed by atoms with Gasteiger partial charge in [0.05, 0.1) is 6.54 Å². The molecule has 1 unspecified atom stereocenters. The predicted octanol–water partition coefficient (Wildman–Crippen LogP) is 4.14. The van der Waals surface area contributed by atoms with Gasteiger partial charge in [-0.05, 0) is 38.2 Å². The second-order valence-corrected chi connectivity index (χ2v) is 7.39. The van der Waals surface area contributed by atoms with Crippen molar-refractivity contribution >= 4 is 11.3 Å². The minimum absolute atomic E-state index is 0.451. The van der Waals surface area contributed by atoms with Gasteiger partial charge in [-0.15, -0.1) is 10.2 Å². The monoisotopic (exact) mass is 299 g/mol. The standard InChI is InChI=1S/C17H21N3S/c1-12(13-5-3-2-4-6-13)20(15-9-10-15)11-16-18-19-17(21-16)14-7-8-14/h2-6,12,14-15H,7-11H2,1H3. The molecule has 2 saturated carbocycles. The highest BCUT2D eigenvalue weighted by Gasteiger charge is 2.34. The highest BCUT2D eigenvalue weighted by molar-refractivity contribution is 7.11. The van der Waals surface area contributed by atoms with Crippen LogP contribution in [0.1, 0.15) is 60.1 Å². The third kappa shape index (κ3) is 3.01. The van der Waals surface area contributed by atoms with Crippen molar-refractivity contribution in [2.24, 2.45) is 0 Å². The Morgan fingerprint density at radius 3 is 2.57 bits per heavy atom. The van der Waals surface area contributed by atoms with E-state index in [0.29, 0.717) is 6.04 Å². The fraction of sp³-hybridized carbons (Fsp3) is 0.529. The van der Waals surface area contributed by atoms with E-state index in [0.717, 1.165) is 18.5 Å². The fourth-order valence-electron chi connectivity index (χ4n) is 2.89. The van der Waals surface area contributed by atoms with Gasteiger partial charge in [-0.1, -0.05) is 41.7 Å². The van der Waals surface area contributed by atoms with E-state index in [1.54, 1.807) is 0 Å². The first-order chi connectivity index (χ1) is 10.3. The summed E-state index contributed by atoms with van der Waals surface area (Å²) in [4.78, 5) is 2.60. The minimum atomic E-state index is 0.451. The van der Waals surface area contributed by atoms with Crippen molar-refractivity contribution in [1.82, 2.24) is 15.1 Å². The van der Waals surface area contributed by atoms with Gasteiger partial charge in [0.1, 0.15) is 10.0 Å². The summed E-state index contributed by atoms with van der Waals surface area (Å²) in [6.07, 6.45) is 5.26. The van der Waals surface area contributed by atoms with Crippen LogP contribution in [-0.2, 0) is 6.54 Å². The first-order valence-corrected chi connectivity index (χ1v) is 8.76. The number of hydrogen-bond acceptors (Lipinski definition) is 4. The van der Waals surface area contributed by atoms with Gasteiger partial charge in [0, 0.05) is 18.0 Å². The van der Waals surface area contributed by atoms with E-state index in [1.165, 1.54) is 41.3 Å². The molecule has 2 aromatic rings. The van der Waals surface area contributed by atoms with Crippen molar-refractivity contribution in [3.63, 3.8) is 0 Å². The second-order valence-electron chi connectivity index (χ2n) is 6.30. The van der Waals surface area contributed by atoms with Gasteiger partial charge in [-0.3, -0.25) is 4.90 Å². The normalized spacial score (nSPS) is 19.9. The molecule has 0 spiro atoms. The molecular weight excluding hydrogens is 278 g/mol. The maximum Gasteiger partial charge on any atom is 0.131 e. The van der Waals surface area contributed by atoms with Crippen LogP contribution in [0.2, 0.25) is 0 Å². The average Bonchev–Trinajstić information content (AvgIpc) is 3.44. The Balaban J connectivity index is 1.51. The topological polar surface area (TPSA) is 29.0 Å². The molecule has 0 radical (unpaired) electrons. The Labute approximate surface area is 130 Å². The van der Waals surface area contributed by atoms with Crippen LogP contribution in [0.5, 0.6) is 0 Å². The quantitative estimate of drug-likeness (QED) is 0.802. The van der Waals surface area contributed by atoms with Gasteiger partial charge in [0.25, 0.3) is 0 Å². The molecule has 1 heterocycles. The summed E-state index contributed by atoms with van der Waals surface area (Å²) in [5.41, 5.74) is 1.40. The Morgan fingerprint density at radius 1 is 1.14 bits per heavy atom. The smallest absolute Gasteiger partial charge is 0.131 e. The van der Waals surface area contributed by atoms with Gasteiger partial charge in [-0.25, -0.2) is 0 Å². The van der Waals surface area contributed by atoms with Gasteiger partial charge in [0.2, 0.25) is 0 Å². The molecule has 0 N–H and O–H groups in total. The van der Waals surface area contributed by atoms with Crippen LogP contribution in [0.3, 0.4) is 0 Å². The number of hydrogen-bond donors (Lipinski definition) is 0. The zero-order valence-electron chi connectivity index (χ0n) is 12.4. The molecule has 0 amide bonds. The predicted molar refractivity (Wildman–Crippen MR) is 85.3 cm³/mol. The molecule has 1 aromatic heterocycles. The Morgan fingerprint density at radius 2 is 1.90 bits per heavy atom. The van der Waals surface area contributed by atoms with Gasteiger partial charge in [0.15, 0.2) is 0 Å². The van der Waals surface area contributed by atoms with Gasteiger partial charge >= 0.3 is 0 Å². The van der Waals surface area contributed by atoms with Crippen molar-refractivity contribution in [2.75, 3.05) is 0 Å². The van der Waals surface area contributed by atoms with Crippen molar-refractivity contribution < 1.29 is 0 Å². The first-order valence-electron chi connectivity index (χ1n) is 7.94. The first kappa shape index (κ1) is 13.4. The molecule has 2 fully saturated rings. The molecular formula is C17H21N3S. The van der Waals surface area contributed by atoms with Crippen molar-refractivity contribution in [3.8, 4) is 0 Å². The van der Waals surface area contributed by atoms with Gasteiger partial charge in [-0.2, -0.15) is 0 Å². The lowest BCUT2D eigenvalue weighted by Gasteiger charge is -2.28. The summed E-state index contributed by atoms with van der Waals surface area (Å²) in [6.45, 7) is 3.27. The summed E-state index contributed by atoms with van der Waals surface area (Å²) in [5, 5.41) is 11.3. The highest BCUT2D eigenvalue weighted by atomic mass is 32.1. The summed E-state index contributed by atoms with van der Waals surface area (Å²) in [6, 6.07) is 12.0. The summed E-state index contributed by atoms with van der Waals surface area (Å²) in [5.74, 6) is 0.720. The van der Waals surface area contributed by atoms with Crippen molar-refractivity contribution in [1.29, 1.82) is 0 Å². The zero-order valence-corrected chi connectivity index (χ0v) is 13.2. The Hall–Kier alpha value is -1.26. The van der Waals surface area contributed by atoms with Crippen LogP contribution in [-0.4, -0.2) is 21.1 Å². The van der Waals surface area contributed by atoms with E-state index < -0.39 is 0 Å². The third-order valence-corrected chi connectivity index (χ3v) is 5.59. The van der Waals surface area contributed by atoms with Gasteiger partial charge < -0.3 is 0 Å².